The first-order chi connectivity index (χ1) is 15.3. The molecule has 0 radical (unpaired) electrons. The van der Waals surface area contributed by atoms with Crippen LogP contribution in [0.25, 0.3) is 11.0 Å². The summed E-state index contributed by atoms with van der Waals surface area (Å²) in [5, 5.41) is 2.44. The van der Waals surface area contributed by atoms with Gasteiger partial charge in [-0.1, -0.05) is 36.4 Å². The number of fused-ring (bicyclic) bond motifs is 1. The smallest absolute Gasteiger partial charge is 0.243 e. The van der Waals surface area contributed by atoms with Gasteiger partial charge in [0.05, 0.1) is 11.7 Å². The monoisotopic (exact) mass is 474 g/mol. The number of amides is 1. The lowest BCUT2D eigenvalue weighted by Gasteiger charge is -2.19. The summed E-state index contributed by atoms with van der Waals surface area (Å²) in [6.45, 7) is 0. The van der Waals surface area contributed by atoms with Gasteiger partial charge in [-0.2, -0.15) is 13.5 Å². The fourth-order valence-electron chi connectivity index (χ4n) is 3.09. The van der Waals surface area contributed by atoms with Crippen molar-refractivity contribution in [2.75, 3.05) is 5.32 Å². The normalized spacial score (nSPS) is 12.6. The van der Waals surface area contributed by atoms with Crippen LogP contribution >= 0.6 is 11.7 Å². The van der Waals surface area contributed by atoms with Crippen molar-refractivity contribution in [2.24, 2.45) is 0 Å². The standard InChI is InChI=1S/C21H16F2N4O3S2/c22-15-10-9-14(12-16(15)23)24-21(28)18(11-13-5-2-1-3-6-13)27-32(29,30)19-8-4-7-17-20(19)26-31-25-17/h1-10,12,18,27H,11H2,(H,24,28)/t18-/m0/s1. The van der Waals surface area contributed by atoms with Gasteiger partial charge in [-0.3, -0.25) is 4.79 Å². The molecule has 0 unspecified atom stereocenters. The Labute approximate surface area is 186 Å². The molecular formula is C21H16F2N4O3S2. The molecule has 0 saturated carbocycles. The summed E-state index contributed by atoms with van der Waals surface area (Å²) in [7, 11) is -4.17. The van der Waals surface area contributed by atoms with E-state index in [1.54, 1.807) is 36.4 Å². The third-order valence-corrected chi connectivity index (χ3v) is 6.67. The molecule has 0 spiro atoms. The van der Waals surface area contributed by atoms with Gasteiger partial charge in [0.2, 0.25) is 15.9 Å². The molecule has 0 bridgehead atoms. The van der Waals surface area contributed by atoms with E-state index in [9.17, 15) is 22.0 Å². The Morgan fingerprint density at radius 3 is 2.50 bits per heavy atom. The van der Waals surface area contributed by atoms with Crippen molar-refractivity contribution in [3.05, 3.63) is 83.9 Å². The molecule has 7 nitrogen and oxygen atoms in total. The van der Waals surface area contributed by atoms with E-state index < -0.39 is 33.6 Å². The molecule has 4 aromatic rings. The van der Waals surface area contributed by atoms with Gasteiger partial charge in [0.1, 0.15) is 22.0 Å². The lowest BCUT2D eigenvalue weighted by atomic mass is 10.1. The van der Waals surface area contributed by atoms with Gasteiger partial charge in [-0.15, -0.1) is 0 Å². The summed E-state index contributed by atoms with van der Waals surface area (Å²) in [6, 6.07) is 15.0. The maximum absolute atomic E-state index is 13.5. The Hall–Kier alpha value is -3.28. The van der Waals surface area contributed by atoms with Gasteiger partial charge in [0.15, 0.2) is 11.6 Å². The number of carbonyl (C=O) groups is 1. The maximum Gasteiger partial charge on any atom is 0.243 e. The quantitative estimate of drug-likeness (QED) is 0.427. The van der Waals surface area contributed by atoms with Gasteiger partial charge < -0.3 is 5.32 Å². The van der Waals surface area contributed by atoms with E-state index in [4.69, 9.17) is 0 Å². The Bertz CT molecular complexity index is 1380. The molecule has 0 aliphatic heterocycles. The fourth-order valence-corrected chi connectivity index (χ4v) is 5.05. The SMILES string of the molecule is O=C(Nc1ccc(F)c(F)c1)[C@H](Cc1ccccc1)NS(=O)(=O)c1cccc2nsnc12. The number of nitrogens with one attached hydrogen (secondary N) is 2. The molecular weight excluding hydrogens is 458 g/mol. The zero-order chi connectivity index (χ0) is 22.7. The number of aromatic nitrogens is 2. The largest absolute Gasteiger partial charge is 0.325 e. The minimum atomic E-state index is -4.17. The fraction of sp³-hybridized carbons (Fsp3) is 0.0952. The van der Waals surface area contributed by atoms with E-state index >= 15 is 0 Å². The third kappa shape index (κ3) is 4.79. The number of sulfonamides is 1. The van der Waals surface area contributed by atoms with Gasteiger partial charge in [0.25, 0.3) is 0 Å². The molecule has 0 aliphatic carbocycles. The number of hydrogen-bond donors (Lipinski definition) is 2. The molecule has 11 heteroatoms. The summed E-state index contributed by atoms with van der Waals surface area (Å²) in [5.74, 6) is -2.92. The number of hydrogen-bond acceptors (Lipinski definition) is 6. The molecule has 0 saturated heterocycles. The van der Waals surface area contributed by atoms with Crippen molar-refractivity contribution in [2.45, 2.75) is 17.4 Å². The summed E-state index contributed by atoms with van der Waals surface area (Å²) in [5.41, 5.74) is 1.32. The highest BCUT2D eigenvalue weighted by atomic mass is 32.2. The second kappa shape index (κ2) is 9.07. The second-order valence-corrected chi connectivity index (χ2v) is 9.08. The Morgan fingerprint density at radius 2 is 1.75 bits per heavy atom. The molecule has 1 aromatic heterocycles. The summed E-state index contributed by atoms with van der Waals surface area (Å²) in [4.78, 5) is 12.8. The van der Waals surface area contributed by atoms with Crippen LogP contribution in [0.5, 0.6) is 0 Å². The van der Waals surface area contributed by atoms with Crippen molar-refractivity contribution in [1.82, 2.24) is 13.5 Å². The molecule has 2 N–H and O–H groups in total. The maximum atomic E-state index is 13.5. The molecule has 0 fully saturated rings. The zero-order valence-electron chi connectivity index (χ0n) is 16.3. The van der Waals surface area contributed by atoms with Gasteiger partial charge in [-0.05, 0) is 36.2 Å². The van der Waals surface area contributed by atoms with Crippen molar-refractivity contribution >= 4 is 44.4 Å². The van der Waals surface area contributed by atoms with E-state index in [0.29, 0.717) is 11.1 Å². The molecule has 1 amide bonds. The van der Waals surface area contributed by atoms with Crippen LogP contribution in [0.3, 0.4) is 0 Å². The van der Waals surface area contributed by atoms with Crippen molar-refractivity contribution in [3.63, 3.8) is 0 Å². The summed E-state index contributed by atoms with van der Waals surface area (Å²) < 4.78 is 63.5. The van der Waals surface area contributed by atoms with Crippen LogP contribution < -0.4 is 10.0 Å². The van der Waals surface area contributed by atoms with Crippen LogP contribution in [0.1, 0.15) is 5.56 Å². The highest BCUT2D eigenvalue weighted by Crippen LogP contribution is 2.22. The molecule has 0 aliphatic rings. The number of anilines is 1. The molecule has 32 heavy (non-hydrogen) atoms. The average Bonchev–Trinajstić information content (AvgIpc) is 3.25. The van der Waals surface area contributed by atoms with Crippen LogP contribution in [-0.2, 0) is 21.2 Å². The number of nitrogens with zero attached hydrogens (tertiary/aromatic N) is 2. The third-order valence-electron chi connectivity index (χ3n) is 4.62. The Balaban J connectivity index is 1.65. The van der Waals surface area contributed by atoms with E-state index in [1.807, 2.05) is 0 Å². The van der Waals surface area contributed by atoms with Crippen LogP contribution in [0.15, 0.2) is 71.6 Å². The lowest BCUT2D eigenvalue weighted by molar-refractivity contribution is -0.117. The second-order valence-electron chi connectivity index (χ2n) is 6.87. The summed E-state index contributed by atoms with van der Waals surface area (Å²) >= 11 is 0.878. The van der Waals surface area contributed by atoms with Gasteiger partial charge in [-0.25, -0.2) is 17.2 Å². The molecule has 164 valence electrons. The van der Waals surface area contributed by atoms with E-state index in [-0.39, 0.29) is 22.5 Å². The minimum Gasteiger partial charge on any atom is -0.325 e. The van der Waals surface area contributed by atoms with E-state index in [2.05, 4.69) is 18.8 Å². The van der Waals surface area contributed by atoms with Gasteiger partial charge in [0, 0.05) is 11.8 Å². The predicted octanol–water partition coefficient (Wildman–Crippen LogP) is 3.50. The minimum absolute atomic E-state index is 0.00281. The van der Waals surface area contributed by atoms with Crippen molar-refractivity contribution < 1.29 is 22.0 Å². The van der Waals surface area contributed by atoms with E-state index in [1.165, 1.54) is 18.2 Å². The number of rotatable bonds is 7. The Kier molecular flexibility index (Phi) is 6.21. The average molecular weight is 475 g/mol. The highest BCUT2D eigenvalue weighted by Gasteiger charge is 2.28. The van der Waals surface area contributed by atoms with Crippen molar-refractivity contribution in [3.8, 4) is 0 Å². The van der Waals surface area contributed by atoms with Crippen LogP contribution in [0, 0.1) is 11.6 Å². The first kappa shape index (κ1) is 21.9. The number of carbonyl (C=O) groups excluding carboxylic acids is 1. The van der Waals surface area contributed by atoms with Crippen molar-refractivity contribution in [1.29, 1.82) is 0 Å². The Morgan fingerprint density at radius 1 is 0.969 bits per heavy atom. The molecule has 1 heterocycles. The number of halogens is 2. The highest BCUT2D eigenvalue weighted by molar-refractivity contribution is 7.89. The molecule has 1 atom stereocenters. The van der Waals surface area contributed by atoms with E-state index in [0.717, 1.165) is 23.9 Å². The van der Waals surface area contributed by atoms with Crippen LogP contribution in [-0.4, -0.2) is 29.1 Å². The summed E-state index contributed by atoms with van der Waals surface area (Å²) in [6.07, 6.45) is 0.0286. The molecule has 3 aromatic carbocycles. The lowest BCUT2D eigenvalue weighted by Crippen LogP contribution is -2.45. The molecule has 4 rings (SSSR count). The van der Waals surface area contributed by atoms with Gasteiger partial charge >= 0.3 is 0 Å². The topological polar surface area (TPSA) is 101 Å². The first-order valence-corrected chi connectivity index (χ1v) is 11.6. The number of benzene rings is 3. The zero-order valence-corrected chi connectivity index (χ0v) is 18.0. The first-order valence-electron chi connectivity index (χ1n) is 9.37. The predicted molar refractivity (Wildman–Crippen MR) is 117 cm³/mol. The van der Waals surface area contributed by atoms with Crippen LogP contribution in [0.2, 0.25) is 0 Å². The van der Waals surface area contributed by atoms with Crippen LogP contribution in [0.4, 0.5) is 14.5 Å².